The molecule has 1 unspecified atom stereocenters. The number of benzene rings is 2. The van der Waals surface area contributed by atoms with Crippen LogP contribution in [0.1, 0.15) is 12.0 Å². The Bertz CT molecular complexity index is 1140. The Hall–Kier alpha value is -2.70. The number of imidazole rings is 1. The van der Waals surface area contributed by atoms with E-state index in [0.29, 0.717) is 17.8 Å². The zero-order valence-corrected chi connectivity index (χ0v) is 15.0. The van der Waals surface area contributed by atoms with Gasteiger partial charge in [0, 0.05) is 11.8 Å². The summed E-state index contributed by atoms with van der Waals surface area (Å²) in [5, 5.41) is 9.75. The van der Waals surface area contributed by atoms with Gasteiger partial charge in [-0.25, -0.2) is 13.4 Å². The largest absolute Gasteiger partial charge is 0.389 e. The van der Waals surface area contributed by atoms with Crippen LogP contribution in [0.25, 0.3) is 28.0 Å². The Morgan fingerprint density at radius 2 is 1.85 bits per heavy atom. The van der Waals surface area contributed by atoms with E-state index < -0.39 is 15.9 Å². The minimum absolute atomic E-state index is 0.269. The number of H-pyrrole nitrogens is 1. The molecular formula is C20H18N2O3S. The molecule has 5 nitrogen and oxygen atoms in total. The standard InChI is InChI=1S/C20H18N2O3S/c1-26(24,25)17-9-10-18-19(12-17)22-20(21-18)14-7-5-13(6-8-14)15-3-2-4-16(23)11-15/h2-3,5-12,16,23H,4H2,1H3,(H,21,22). The first-order valence-corrected chi connectivity index (χ1v) is 10.2. The monoisotopic (exact) mass is 366 g/mol. The van der Waals surface area contributed by atoms with Crippen LogP contribution in [0.5, 0.6) is 0 Å². The van der Waals surface area contributed by atoms with Crippen molar-refractivity contribution < 1.29 is 13.5 Å². The molecule has 0 saturated heterocycles. The molecule has 1 atom stereocenters. The van der Waals surface area contributed by atoms with Crippen molar-refractivity contribution in [3.8, 4) is 11.4 Å². The van der Waals surface area contributed by atoms with Crippen molar-refractivity contribution in [3.05, 3.63) is 66.3 Å². The van der Waals surface area contributed by atoms with Crippen molar-refractivity contribution >= 4 is 26.4 Å². The number of aromatic amines is 1. The fourth-order valence-corrected chi connectivity index (χ4v) is 3.68. The van der Waals surface area contributed by atoms with Gasteiger partial charge in [0.1, 0.15) is 5.82 Å². The predicted molar refractivity (Wildman–Crippen MR) is 102 cm³/mol. The summed E-state index contributed by atoms with van der Waals surface area (Å²) in [7, 11) is -3.25. The van der Waals surface area contributed by atoms with Gasteiger partial charge >= 0.3 is 0 Å². The van der Waals surface area contributed by atoms with Gasteiger partial charge in [-0.2, -0.15) is 0 Å². The minimum Gasteiger partial charge on any atom is -0.389 e. The number of aliphatic hydroxyl groups is 1. The molecule has 0 fully saturated rings. The van der Waals surface area contributed by atoms with Gasteiger partial charge in [-0.15, -0.1) is 0 Å². The number of allylic oxidation sites excluding steroid dienone is 2. The van der Waals surface area contributed by atoms with Crippen LogP contribution in [0.4, 0.5) is 0 Å². The van der Waals surface area contributed by atoms with Crippen molar-refractivity contribution in [2.75, 3.05) is 6.26 Å². The van der Waals surface area contributed by atoms with E-state index in [1.807, 2.05) is 42.5 Å². The Balaban J connectivity index is 1.68. The first-order chi connectivity index (χ1) is 12.4. The van der Waals surface area contributed by atoms with Gasteiger partial charge in [-0.1, -0.05) is 36.4 Å². The van der Waals surface area contributed by atoms with E-state index in [4.69, 9.17) is 0 Å². The van der Waals surface area contributed by atoms with E-state index in [1.165, 1.54) is 6.26 Å². The first kappa shape index (κ1) is 16.8. The molecule has 0 bridgehead atoms. The highest BCUT2D eigenvalue weighted by Crippen LogP contribution is 2.26. The number of aliphatic hydroxyl groups excluding tert-OH is 1. The van der Waals surface area contributed by atoms with Crippen LogP contribution in [0, 0.1) is 0 Å². The van der Waals surface area contributed by atoms with Crippen LogP contribution in [0.3, 0.4) is 0 Å². The van der Waals surface area contributed by atoms with Gasteiger partial charge in [0.25, 0.3) is 0 Å². The fourth-order valence-electron chi connectivity index (χ4n) is 3.03. The predicted octanol–water partition coefficient (Wildman–Crippen LogP) is 3.34. The lowest BCUT2D eigenvalue weighted by atomic mass is 9.97. The summed E-state index contributed by atoms with van der Waals surface area (Å²) < 4.78 is 23.4. The van der Waals surface area contributed by atoms with Gasteiger partial charge in [-0.05, 0) is 41.8 Å². The van der Waals surface area contributed by atoms with Gasteiger partial charge in [0.05, 0.1) is 22.0 Å². The maximum absolute atomic E-state index is 11.7. The molecule has 26 heavy (non-hydrogen) atoms. The molecular weight excluding hydrogens is 348 g/mol. The van der Waals surface area contributed by atoms with E-state index in [1.54, 1.807) is 18.2 Å². The van der Waals surface area contributed by atoms with Gasteiger partial charge < -0.3 is 10.1 Å². The summed E-state index contributed by atoms with van der Waals surface area (Å²) in [5.41, 5.74) is 4.34. The Kier molecular flexibility index (Phi) is 4.01. The smallest absolute Gasteiger partial charge is 0.175 e. The molecule has 4 rings (SSSR count). The highest BCUT2D eigenvalue weighted by molar-refractivity contribution is 7.90. The summed E-state index contributed by atoms with van der Waals surface area (Å²) in [4.78, 5) is 8.00. The number of nitrogens with zero attached hydrogens (tertiary/aromatic N) is 1. The third kappa shape index (κ3) is 3.21. The van der Waals surface area contributed by atoms with Crippen LogP contribution in [-0.2, 0) is 9.84 Å². The zero-order valence-electron chi connectivity index (χ0n) is 14.2. The third-order valence-corrected chi connectivity index (χ3v) is 5.53. The molecule has 2 aromatic carbocycles. The van der Waals surface area contributed by atoms with Crippen molar-refractivity contribution in [3.63, 3.8) is 0 Å². The van der Waals surface area contributed by atoms with E-state index in [2.05, 4.69) is 9.97 Å². The van der Waals surface area contributed by atoms with Crippen molar-refractivity contribution in [1.29, 1.82) is 0 Å². The molecule has 0 saturated carbocycles. The van der Waals surface area contributed by atoms with Crippen LogP contribution >= 0.6 is 0 Å². The van der Waals surface area contributed by atoms with Crippen LogP contribution < -0.4 is 0 Å². The summed E-state index contributed by atoms with van der Waals surface area (Å²) in [6, 6.07) is 12.8. The van der Waals surface area contributed by atoms with E-state index in [-0.39, 0.29) is 4.90 Å². The number of rotatable bonds is 3. The number of hydrogen-bond acceptors (Lipinski definition) is 4. The molecule has 2 N–H and O–H groups in total. The Morgan fingerprint density at radius 3 is 2.54 bits per heavy atom. The third-order valence-electron chi connectivity index (χ3n) is 4.42. The molecule has 1 heterocycles. The number of hydrogen-bond donors (Lipinski definition) is 2. The molecule has 0 amide bonds. The fraction of sp³-hybridized carbons (Fsp3) is 0.150. The molecule has 132 valence electrons. The highest BCUT2D eigenvalue weighted by Gasteiger charge is 2.12. The molecule has 3 aromatic rings. The van der Waals surface area contributed by atoms with Gasteiger partial charge in [-0.3, -0.25) is 0 Å². The molecule has 0 spiro atoms. The van der Waals surface area contributed by atoms with Crippen LogP contribution in [0.2, 0.25) is 0 Å². The number of sulfone groups is 1. The van der Waals surface area contributed by atoms with Crippen LogP contribution in [-0.4, -0.2) is 35.9 Å². The summed E-state index contributed by atoms with van der Waals surface area (Å²) in [6.07, 6.45) is 7.23. The number of fused-ring (bicyclic) bond motifs is 1. The summed E-state index contributed by atoms with van der Waals surface area (Å²) in [5.74, 6) is 0.686. The molecule has 1 aliphatic carbocycles. The summed E-state index contributed by atoms with van der Waals surface area (Å²) in [6.45, 7) is 0. The lowest BCUT2D eigenvalue weighted by Gasteiger charge is -2.12. The normalized spacial score (nSPS) is 17.5. The minimum atomic E-state index is -3.25. The SMILES string of the molecule is CS(=O)(=O)c1ccc2nc(-c3ccc(C4=CC(O)CC=C4)cc3)[nH]c2c1. The van der Waals surface area contributed by atoms with Gasteiger partial charge in [0.15, 0.2) is 9.84 Å². The maximum atomic E-state index is 11.7. The van der Waals surface area contributed by atoms with Crippen molar-refractivity contribution in [1.82, 2.24) is 9.97 Å². The number of nitrogens with one attached hydrogen (secondary N) is 1. The molecule has 0 radical (unpaired) electrons. The second-order valence-corrected chi connectivity index (χ2v) is 8.46. The average molecular weight is 366 g/mol. The summed E-state index contributed by atoms with van der Waals surface area (Å²) >= 11 is 0. The topological polar surface area (TPSA) is 83.1 Å². The van der Waals surface area contributed by atoms with Gasteiger partial charge in [0.2, 0.25) is 0 Å². The zero-order chi connectivity index (χ0) is 18.3. The molecule has 0 aliphatic heterocycles. The number of aromatic nitrogens is 2. The quantitative estimate of drug-likeness (QED) is 0.745. The van der Waals surface area contributed by atoms with E-state index >= 15 is 0 Å². The van der Waals surface area contributed by atoms with Crippen molar-refractivity contribution in [2.24, 2.45) is 0 Å². The molecule has 1 aromatic heterocycles. The average Bonchev–Trinajstić information content (AvgIpc) is 3.04. The Morgan fingerprint density at radius 1 is 1.12 bits per heavy atom. The van der Waals surface area contributed by atoms with E-state index in [9.17, 15) is 13.5 Å². The molecule has 6 heteroatoms. The first-order valence-electron chi connectivity index (χ1n) is 8.27. The van der Waals surface area contributed by atoms with Crippen molar-refractivity contribution in [2.45, 2.75) is 17.4 Å². The lowest BCUT2D eigenvalue weighted by molar-refractivity contribution is 0.226. The highest BCUT2D eigenvalue weighted by atomic mass is 32.2. The maximum Gasteiger partial charge on any atom is 0.175 e. The van der Waals surface area contributed by atoms with Crippen LogP contribution in [0.15, 0.2) is 65.6 Å². The second kappa shape index (κ2) is 6.23. The van der Waals surface area contributed by atoms with E-state index in [0.717, 1.165) is 22.2 Å². The Labute approximate surface area is 151 Å². The second-order valence-electron chi connectivity index (χ2n) is 6.44. The lowest BCUT2D eigenvalue weighted by Crippen LogP contribution is -2.04. The molecule has 1 aliphatic rings.